The van der Waals surface area contributed by atoms with Crippen molar-refractivity contribution in [3.8, 4) is 11.1 Å². The first-order valence-electron chi connectivity index (χ1n) is 4.87. The quantitative estimate of drug-likeness (QED) is 0.877. The second-order valence-electron chi connectivity index (χ2n) is 3.51. The molecule has 0 bridgehead atoms. The first kappa shape index (κ1) is 12.0. The van der Waals surface area contributed by atoms with E-state index >= 15 is 0 Å². The fourth-order valence-corrected chi connectivity index (χ4v) is 1.90. The average molecular weight is 267 g/mol. The summed E-state index contributed by atoms with van der Waals surface area (Å²) in [6, 6.07) is 12.1. The van der Waals surface area contributed by atoms with Crippen LogP contribution in [0.1, 0.15) is 10.4 Å². The van der Waals surface area contributed by atoms with Gasteiger partial charge >= 0.3 is 5.97 Å². The zero-order valence-electron chi connectivity index (χ0n) is 8.65. The number of aromatic carboxylic acids is 1. The first-order valence-corrected chi connectivity index (χ1v) is 5.62. The second-order valence-corrected chi connectivity index (χ2v) is 4.35. The Morgan fingerprint density at radius 3 is 2.06 bits per heavy atom. The third kappa shape index (κ3) is 2.60. The Labute approximate surface area is 108 Å². The normalized spacial score (nSPS) is 10.2. The van der Waals surface area contributed by atoms with Crippen LogP contribution in [-0.2, 0) is 0 Å². The molecule has 4 heteroatoms. The molecule has 0 fully saturated rings. The van der Waals surface area contributed by atoms with Gasteiger partial charge in [0.25, 0.3) is 0 Å². The second kappa shape index (κ2) is 4.78. The van der Waals surface area contributed by atoms with Gasteiger partial charge in [0.1, 0.15) is 0 Å². The van der Waals surface area contributed by atoms with Gasteiger partial charge in [-0.25, -0.2) is 4.79 Å². The first-order chi connectivity index (χ1) is 8.08. The molecule has 0 atom stereocenters. The fourth-order valence-electron chi connectivity index (χ4n) is 1.51. The van der Waals surface area contributed by atoms with E-state index in [1.165, 1.54) is 6.07 Å². The summed E-state index contributed by atoms with van der Waals surface area (Å²) in [7, 11) is 0. The van der Waals surface area contributed by atoms with E-state index in [1.807, 2.05) is 12.1 Å². The molecule has 2 aromatic rings. The van der Waals surface area contributed by atoms with E-state index in [4.69, 9.17) is 28.3 Å². The minimum atomic E-state index is -1.03. The van der Waals surface area contributed by atoms with E-state index in [1.54, 1.807) is 24.3 Å². The third-order valence-corrected chi connectivity index (χ3v) is 2.94. The molecule has 0 aliphatic heterocycles. The molecule has 0 radical (unpaired) electrons. The van der Waals surface area contributed by atoms with Crippen LogP contribution < -0.4 is 0 Å². The number of benzene rings is 2. The molecule has 0 spiro atoms. The largest absolute Gasteiger partial charge is 0.478 e. The Balaban J connectivity index is 2.44. The van der Waals surface area contributed by atoms with E-state index in [9.17, 15) is 4.79 Å². The Bertz CT molecular complexity index is 562. The van der Waals surface area contributed by atoms with Gasteiger partial charge in [0, 0.05) is 5.02 Å². The standard InChI is InChI=1S/C13H8Cl2O2/c14-10-4-1-8(2-5-10)9-3-6-11(13(16)17)12(15)7-9/h1-7H,(H,16,17). The zero-order chi connectivity index (χ0) is 12.4. The summed E-state index contributed by atoms with van der Waals surface area (Å²) >= 11 is 11.7. The molecule has 17 heavy (non-hydrogen) atoms. The van der Waals surface area contributed by atoms with Gasteiger partial charge in [-0.05, 0) is 35.4 Å². The molecular formula is C13H8Cl2O2. The highest BCUT2D eigenvalue weighted by atomic mass is 35.5. The molecule has 86 valence electrons. The highest BCUT2D eigenvalue weighted by molar-refractivity contribution is 6.33. The summed E-state index contributed by atoms with van der Waals surface area (Å²) in [6.07, 6.45) is 0. The maximum Gasteiger partial charge on any atom is 0.337 e. The lowest BCUT2D eigenvalue weighted by molar-refractivity contribution is 0.0697. The highest BCUT2D eigenvalue weighted by Gasteiger charge is 2.09. The molecule has 2 aromatic carbocycles. The number of carboxylic acids is 1. The van der Waals surface area contributed by atoms with E-state index < -0.39 is 5.97 Å². The lowest BCUT2D eigenvalue weighted by atomic mass is 10.0. The van der Waals surface area contributed by atoms with Crippen LogP contribution in [0, 0.1) is 0 Å². The molecule has 0 aliphatic rings. The van der Waals surface area contributed by atoms with Crippen molar-refractivity contribution in [2.45, 2.75) is 0 Å². The molecule has 0 saturated heterocycles. The van der Waals surface area contributed by atoms with E-state index in [2.05, 4.69) is 0 Å². The minimum absolute atomic E-state index is 0.101. The van der Waals surface area contributed by atoms with Crippen LogP contribution in [0.5, 0.6) is 0 Å². The van der Waals surface area contributed by atoms with Crippen molar-refractivity contribution >= 4 is 29.2 Å². The maximum atomic E-state index is 10.8. The van der Waals surface area contributed by atoms with Crippen molar-refractivity contribution in [2.24, 2.45) is 0 Å². The van der Waals surface area contributed by atoms with Gasteiger partial charge in [-0.15, -0.1) is 0 Å². The van der Waals surface area contributed by atoms with Crippen LogP contribution in [-0.4, -0.2) is 11.1 Å². The Morgan fingerprint density at radius 1 is 0.941 bits per heavy atom. The Hall–Kier alpha value is -1.51. The van der Waals surface area contributed by atoms with Gasteiger partial charge in [0.15, 0.2) is 0 Å². The zero-order valence-corrected chi connectivity index (χ0v) is 10.2. The number of hydrogen-bond acceptors (Lipinski definition) is 1. The summed E-state index contributed by atoms with van der Waals surface area (Å²) in [5, 5.41) is 9.74. The molecule has 0 saturated carbocycles. The van der Waals surface area contributed by atoms with Gasteiger partial charge in [-0.3, -0.25) is 0 Å². The molecule has 0 amide bonds. The summed E-state index contributed by atoms with van der Waals surface area (Å²) < 4.78 is 0. The van der Waals surface area contributed by atoms with Crippen molar-refractivity contribution < 1.29 is 9.90 Å². The molecule has 0 aromatic heterocycles. The predicted molar refractivity (Wildman–Crippen MR) is 68.9 cm³/mol. The number of rotatable bonds is 2. The minimum Gasteiger partial charge on any atom is -0.478 e. The van der Waals surface area contributed by atoms with E-state index in [0.29, 0.717) is 5.02 Å². The topological polar surface area (TPSA) is 37.3 Å². The molecule has 0 heterocycles. The van der Waals surface area contributed by atoms with Crippen molar-refractivity contribution in [3.05, 3.63) is 58.1 Å². The maximum absolute atomic E-state index is 10.8. The SMILES string of the molecule is O=C(O)c1ccc(-c2ccc(Cl)cc2)cc1Cl. The van der Waals surface area contributed by atoms with Gasteiger partial charge in [-0.2, -0.15) is 0 Å². The van der Waals surface area contributed by atoms with Crippen molar-refractivity contribution in [1.82, 2.24) is 0 Å². The lowest BCUT2D eigenvalue weighted by Gasteiger charge is -2.04. The summed E-state index contributed by atoms with van der Waals surface area (Å²) in [5.74, 6) is -1.03. The van der Waals surface area contributed by atoms with Crippen LogP contribution in [0.15, 0.2) is 42.5 Å². The summed E-state index contributed by atoms with van der Waals surface area (Å²) in [5.41, 5.74) is 1.90. The van der Waals surface area contributed by atoms with E-state index in [-0.39, 0.29) is 10.6 Å². The van der Waals surface area contributed by atoms with Crippen LogP contribution >= 0.6 is 23.2 Å². The fraction of sp³-hybridized carbons (Fsp3) is 0. The monoisotopic (exact) mass is 266 g/mol. The van der Waals surface area contributed by atoms with Crippen molar-refractivity contribution in [2.75, 3.05) is 0 Å². The molecule has 1 N–H and O–H groups in total. The van der Waals surface area contributed by atoms with Crippen LogP contribution in [0.3, 0.4) is 0 Å². The average Bonchev–Trinajstić information content (AvgIpc) is 2.29. The molecule has 2 nitrogen and oxygen atoms in total. The smallest absolute Gasteiger partial charge is 0.337 e. The Kier molecular flexibility index (Phi) is 3.36. The number of carbonyl (C=O) groups is 1. The summed E-state index contributed by atoms with van der Waals surface area (Å²) in [4.78, 5) is 10.8. The van der Waals surface area contributed by atoms with E-state index in [0.717, 1.165) is 11.1 Å². The number of halogens is 2. The van der Waals surface area contributed by atoms with Gasteiger partial charge in [-0.1, -0.05) is 41.4 Å². The number of carboxylic acid groups (broad SMARTS) is 1. The highest BCUT2D eigenvalue weighted by Crippen LogP contribution is 2.26. The molecule has 0 aliphatic carbocycles. The van der Waals surface area contributed by atoms with Crippen LogP contribution in [0.25, 0.3) is 11.1 Å². The third-order valence-electron chi connectivity index (χ3n) is 2.38. The van der Waals surface area contributed by atoms with Gasteiger partial charge in [0.2, 0.25) is 0 Å². The predicted octanol–water partition coefficient (Wildman–Crippen LogP) is 4.36. The van der Waals surface area contributed by atoms with Crippen LogP contribution in [0.4, 0.5) is 0 Å². The van der Waals surface area contributed by atoms with Crippen molar-refractivity contribution in [1.29, 1.82) is 0 Å². The molecule has 0 unspecified atom stereocenters. The van der Waals surface area contributed by atoms with Gasteiger partial charge < -0.3 is 5.11 Å². The van der Waals surface area contributed by atoms with Crippen molar-refractivity contribution in [3.63, 3.8) is 0 Å². The molecule has 2 rings (SSSR count). The summed E-state index contributed by atoms with van der Waals surface area (Å²) in [6.45, 7) is 0. The number of hydrogen-bond donors (Lipinski definition) is 1. The Morgan fingerprint density at radius 2 is 1.53 bits per heavy atom. The van der Waals surface area contributed by atoms with Crippen LogP contribution in [0.2, 0.25) is 10.0 Å². The lowest BCUT2D eigenvalue weighted by Crippen LogP contribution is -1.97. The van der Waals surface area contributed by atoms with Gasteiger partial charge in [0.05, 0.1) is 10.6 Å². The molecular weight excluding hydrogens is 259 g/mol.